The van der Waals surface area contributed by atoms with Crippen molar-refractivity contribution in [1.82, 2.24) is 20.3 Å². The summed E-state index contributed by atoms with van der Waals surface area (Å²) in [7, 11) is 0. The summed E-state index contributed by atoms with van der Waals surface area (Å²) in [5.74, 6) is -0.458. The van der Waals surface area contributed by atoms with Crippen LogP contribution in [0.15, 0.2) is 24.3 Å². The van der Waals surface area contributed by atoms with Crippen LogP contribution in [0.5, 0.6) is 5.75 Å². The molecular weight excluding hydrogens is 399 g/mol. The number of anilines is 1. The van der Waals surface area contributed by atoms with Crippen molar-refractivity contribution in [2.24, 2.45) is 0 Å². The van der Waals surface area contributed by atoms with Gasteiger partial charge in [-0.25, -0.2) is 4.68 Å². The number of nitrogens with one attached hydrogen (secondary N) is 2. The van der Waals surface area contributed by atoms with E-state index >= 15 is 0 Å². The Morgan fingerprint density at radius 2 is 2.07 bits per heavy atom. The van der Waals surface area contributed by atoms with Gasteiger partial charge >= 0.3 is 6.18 Å². The molecule has 1 aromatic carbocycles. The van der Waals surface area contributed by atoms with Gasteiger partial charge in [-0.3, -0.25) is 4.79 Å². The van der Waals surface area contributed by atoms with Gasteiger partial charge in [0.25, 0.3) is 5.91 Å². The molecule has 1 amide bonds. The highest BCUT2D eigenvalue weighted by atomic mass is 35.5. The zero-order chi connectivity index (χ0) is 19.4. The number of hydrogen-bond donors (Lipinski definition) is 2. The Kier molecular flexibility index (Phi) is 7.25. The standard InChI is InChI=1S/C17H20F3N5O2.ClH/c1-11-15(23-24-25(11)13-5-7-21-8-6-13)16(26)22-12-3-2-4-14(9-12)27-10-17(18,19)20;/h2-4,9,13,21H,5-8,10H2,1H3,(H,22,26);1H. The van der Waals surface area contributed by atoms with Gasteiger partial charge in [-0.1, -0.05) is 11.3 Å². The minimum Gasteiger partial charge on any atom is -0.484 e. The van der Waals surface area contributed by atoms with Crippen LogP contribution in [-0.2, 0) is 0 Å². The molecule has 0 saturated carbocycles. The van der Waals surface area contributed by atoms with E-state index in [1.54, 1.807) is 17.7 Å². The number of piperidine rings is 1. The predicted molar refractivity (Wildman–Crippen MR) is 99.1 cm³/mol. The third-order valence-corrected chi connectivity index (χ3v) is 4.29. The van der Waals surface area contributed by atoms with E-state index in [0.29, 0.717) is 11.4 Å². The van der Waals surface area contributed by atoms with Crippen LogP contribution in [0.2, 0.25) is 0 Å². The Balaban J connectivity index is 0.00000280. The number of amides is 1. The topological polar surface area (TPSA) is 81.1 Å². The number of carbonyl (C=O) groups is 1. The molecule has 7 nitrogen and oxygen atoms in total. The summed E-state index contributed by atoms with van der Waals surface area (Å²) in [6, 6.07) is 5.97. The quantitative estimate of drug-likeness (QED) is 0.778. The average Bonchev–Trinajstić information content (AvgIpc) is 3.02. The van der Waals surface area contributed by atoms with E-state index in [4.69, 9.17) is 4.74 Å². The lowest BCUT2D eigenvalue weighted by atomic mass is 10.1. The Morgan fingerprint density at radius 3 is 2.75 bits per heavy atom. The fourth-order valence-corrected chi connectivity index (χ4v) is 2.97. The first-order chi connectivity index (χ1) is 12.8. The van der Waals surface area contributed by atoms with Gasteiger partial charge in [0.2, 0.25) is 0 Å². The maximum atomic E-state index is 12.5. The highest BCUT2D eigenvalue weighted by Crippen LogP contribution is 2.23. The van der Waals surface area contributed by atoms with E-state index in [9.17, 15) is 18.0 Å². The number of nitrogens with zero attached hydrogens (tertiary/aromatic N) is 3. The first-order valence-electron chi connectivity index (χ1n) is 8.57. The lowest BCUT2D eigenvalue weighted by Crippen LogP contribution is -2.30. The van der Waals surface area contributed by atoms with Gasteiger partial charge in [0.05, 0.1) is 11.7 Å². The maximum Gasteiger partial charge on any atom is 0.422 e. The molecule has 1 aliphatic rings. The molecule has 0 bridgehead atoms. The average molecular weight is 420 g/mol. The molecule has 1 saturated heterocycles. The SMILES string of the molecule is Cc1c(C(=O)Nc2cccc(OCC(F)(F)F)c2)nnn1C1CCNCC1.Cl. The van der Waals surface area contributed by atoms with E-state index in [1.165, 1.54) is 18.2 Å². The highest BCUT2D eigenvalue weighted by Gasteiger charge is 2.28. The van der Waals surface area contributed by atoms with Gasteiger partial charge in [-0.2, -0.15) is 13.2 Å². The molecule has 0 atom stereocenters. The van der Waals surface area contributed by atoms with Crippen LogP contribution in [0.3, 0.4) is 0 Å². The number of alkyl halides is 3. The molecule has 0 aliphatic carbocycles. The molecule has 1 aliphatic heterocycles. The van der Waals surface area contributed by atoms with Crippen LogP contribution in [0.4, 0.5) is 18.9 Å². The number of benzene rings is 1. The molecule has 28 heavy (non-hydrogen) atoms. The highest BCUT2D eigenvalue weighted by molar-refractivity contribution is 6.03. The zero-order valence-corrected chi connectivity index (χ0v) is 15.9. The van der Waals surface area contributed by atoms with E-state index < -0.39 is 18.7 Å². The second kappa shape index (κ2) is 9.24. The summed E-state index contributed by atoms with van der Waals surface area (Å²) in [6.07, 6.45) is -2.61. The summed E-state index contributed by atoms with van der Waals surface area (Å²) in [6.45, 7) is 2.15. The van der Waals surface area contributed by atoms with Crippen molar-refractivity contribution in [3.63, 3.8) is 0 Å². The molecule has 154 valence electrons. The van der Waals surface area contributed by atoms with E-state index in [0.717, 1.165) is 25.9 Å². The first-order valence-corrected chi connectivity index (χ1v) is 8.57. The number of carbonyl (C=O) groups excluding carboxylic acids is 1. The smallest absolute Gasteiger partial charge is 0.422 e. The molecule has 1 fully saturated rings. The van der Waals surface area contributed by atoms with Crippen molar-refractivity contribution in [1.29, 1.82) is 0 Å². The van der Waals surface area contributed by atoms with Crippen LogP contribution >= 0.6 is 12.4 Å². The van der Waals surface area contributed by atoms with Gasteiger partial charge in [-0.05, 0) is 45.0 Å². The van der Waals surface area contributed by atoms with Gasteiger partial charge in [0.15, 0.2) is 12.3 Å². The predicted octanol–water partition coefficient (Wildman–Crippen LogP) is 3.13. The van der Waals surface area contributed by atoms with Gasteiger partial charge in [-0.15, -0.1) is 17.5 Å². The molecule has 2 aromatic rings. The second-order valence-corrected chi connectivity index (χ2v) is 6.34. The van der Waals surface area contributed by atoms with Crippen LogP contribution in [-0.4, -0.2) is 46.8 Å². The largest absolute Gasteiger partial charge is 0.484 e. The molecule has 0 unspecified atom stereocenters. The van der Waals surface area contributed by atoms with Crippen molar-refractivity contribution in [3.8, 4) is 5.75 Å². The van der Waals surface area contributed by atoms with Crippen LogP contribution in [0, 0.1) is 6.92 Å². The van der Waals surface area contributed by atoms with Crippen LogP contribution in [0.25, 0.3) is 0 Å². The van der Waals surface area contributed by atoms with Gasteiger partial charge in [0, 0.05) is 11.8 Å². The Labute approximate surface area is 166 Å². The number of rotatable bonds is 5. The Morgan fingerprint density at radius 1 is 1.36 bits per heavy atom. The van der Waals surface area contributed by atoms with Crippen molar-refractivity contribution >= 4 is 24.0 Å². The monoisotopic (exact) mass is 419 g/mol. The van der Waals surface area contributed by atoms with E-state index in [1.807, 2.05) is 0 Å². The van der Waals surface area contributed by atoms with Gasteiger partial charge < -0.3 is 15.4 Å². The summed E-state index contributed by atoms with van der Waals surface area (Å²) in [4.78, 5) is 12.5. The maximum absolute atomic E-state index is 12.5. The third-order valence-electron chi connectivity index (χ3n) is 4.29. The van der Waals surface area contributed by atoms with Crippen molar-refractivity contribution in [2.75, 3.05) is 25.0 Å². The number of aromatic nitrogens is 3. The number of halogens is 4. The molecule has 0 radical (unpaired) electrons. The molecule has 2 N–H and O–H groups in total. The van der Waals surface area contributed by atoms with Crippen LogP contribution < -0.4 is 15.4 Å². The fraction of sp³-hybridized carbons (Fsp3) is 0.471. The fourth-order valence-electron chi connectivity index (χ4n) is 2.97. The second-order valence-electron chi connectivity index (χ2n) is 6.34. The lowest BCUT2D eigenvalue weighted by Gasteiger charge is -2.23. The molecule has 2 heterocycles. The summed E-state index contributed by atoms with van der Waals surface area (Å²) >= 11 is 0. The number of hydrogen-bond acceptors (Lipinski definition) is 5. The van der Waals surface area contributed by atoms with Crippen molar-refractivity contribution in [3.05, 3.63) is 35.7 Å². The summed E-state index contributed by atoms with van der Waals surface area (Å²) < 4.78 is 43.2. The Hall–Kier alpha value is -2.33. The third kappa shape index (κ3) is 5.59. The number of ether oxygens (including phenoxy) is 1. The molecule has 11 heteroatoms. The Bertz CT molecular complexity index is 806. The van der Waals surface area contributed by atoms with E-state index in [-0.39, 0.29) is 29.9 Å². The molecule has 1 aromatic heterocycles. The minimum absolute atomic E-state index is 0. The molecule has 3 rings (SSSR count). The molecular formula is C17H21ClF3N5O2. The van der Waals surface area contributed by atoms with Crippen LogP contribution in [0.1, 0.15) is 35.1 Å². The molecule has 0 spiro atoms. The minimum atomic E-state index is -4.43. The van der Waals surface area contributed by atoms with Crippen molar-refractivity contribution in [2.45, 2.75) is 32.0 Å². The summed E-state index contributed by atoms with van der Waals surface area (Å²) in [5.41, 5.74) is 1.16. The van der Waals surface area contributed by atoms with Crippen molar-refractivity contribution < 1.29 is 22.7 Å². The van der Waals surface area contributed by atoms with Gasteiger partial charge in [0.1, 0.15) is 5.75 Å². The zero-order valence-electron chi connectivity index (χ0n) is 15.1. The normalized spacial score (nSPS) is 15.0. The lowest BCUT2D eigenvalue weighted by molar-refractivity contribution is -0.153. The first kappa shape index (κ1) is 22.0. The van der Waals surface area contributed by atoms with E-state index in [2.05, 4.69) is 20.9 Å². The summed E-state index contributed by atoms with van der Waals surface area (Å²) in [5, 5.41) is 14.0.